The van der Waals surface area contributed by atoms with Gasteiger partial charge in [-0.1, -0.05) is 53.9 Å². The monoisotopic (exact) mass is 535 g/mol. The first kappa shape index (κ1) is 26.3. The van der Waals surface area contributed by atoms with Crippen molar-refractivity contribution in [2.24, 2.45) is 5.73 Å². The molecule has 0 fully saturated rings. The Bertz CT molecular complexity index is 1280. The highest BCUT2D eigenvalue weighted by Crippen LogP contribution is 2.31. The normalized spacial score (nSPS) is 10.8. The molecule has 35 heavy (non-hydrogen) atoms. The number of carbonyl (C=O) groups is 4. The van der Waals surface area contributed by atoms with Crippen molar-refractivity contribution in [1.82, 2.24) is 15.0 Å². The van der Waals surface area contributed by atoms with Crippen LogP contribution in [-0.4, -0.2) is 38.5 Å². The van der Waals surface area contributed by atoms with Crippen molar-refractivity contribution in [2.75, 3.05) is 4.90 Å². The van der Waals surface area contributed by atoms with E-state index in [-0.39, 0.29) is 46.5 Å². The van der Waals surface area contributed by atoms with Crippen molar-refractivity contribution in [3.05, 3.63) is 73.9 Å². The summed E-state index contributed by atoms with van der Waals surface area (Å²) in [6.45, 7) is 3.08. The van der Waals surface area contributed by atoms with Crippen LogP contribution in [0.3, 0.4) is 0 Å². The molecule has 3 aromatic rings. The Kier molecular flexibility index (Phi) is 8.26. The van der Waals surface area contributed by atoms with Crippen LogP contribution in [0.15, 0.2) is 36.4 Å². The number of hydrogen-bond acceptors (Lipinski definition) is 6. The lowest BCUT2D eigenvalue weighted by Crippen LogP contribution is -2.39. The number of nitrogens with two attached hydrogens (primary N) is 1. The van der Waals surface area contributed by atoms with Crippen molar-refractivity contribution < 1.29 is 19.2 Å². The standard InChI is InChI=1S/C23H20Cl3N5O4/c1-3-17(32)31(18(33)4-2)23-20(22(27)35)28-29-30(23)11-12-9-15(25)19(16(26)10-12)21(34)13-5-7-14(24)8-6-13/h5-10H,3-4,11H2,1-2H3,(H2,27,35). The molecular formula is C23H20Cl3N5O4. The van der Waals surface area contributed by atoms with Gasteiger partial charge in [-0.3, -0.25) is 19.2 Å². The van der Waals surface area contributed by atoms with Gasteiger partial charge in [-0.25, -0.2) is 9.58 Å². The molecule has 0 aliphatic carbocycles. The molecule has 0 radical (unpaired) electrons. The van der Waals surface area contributed by atoms with Crippen LogP contribution in [0.1, 0.15) is 58.7 Å². The van der Waals surface area contributed by atoms with E-state index in [9.17, 15) is 19.2 Å². The van der Waals surface area contributed by atoms with Gasteiger partial charge in [-0.15, -0.1) is 5.10 Å². The van der Waals surface area contributed by atoms with Gasteiger partial charge in [-0.05, 0) is 42.0 Å². The minimum Gasteiger partial charge on any atom is -0.364 e. The lowest BCUT2D eigenvalue weighted by molar-refractivity contribution is -0.126. The summed E-state index contributed by atoms with van der Waals surface area (Å²) >= 11 is 18.7. The van der Waals surface area contributed by atoms with E-state index in [1.807, 2.05) is 0 Å². The summed E-state index contributed by atoms with van der Waals surface area (Å²) in [6, 6.07) is 9.27. The fourth-order valence-corrected chi connectivity index (χ4v) is 4.17. The van der Waals surface area contributed by atoms with Gasteiger partial charge in [-0.2, -0.15) is 0 Å². The molecule has 0 unspecified atom stereocenters. The van der Waals surface area contributed by atoms with Crippen LogP contribution < -0.4 is 10.6 Å². The summed E-state index contributed by atoms with van der Waals surface area (Å²) in [4.78, 5) is 50.9. The first-order valence-corrected chi connectivity index (χ1v) is 11.6. The zero-order valence-corrected chi connectivity index (χ0v) is 21.0. The van der Waals surface area contributed by atoms with Gasteiger partial charge in [0.25, 0.3) is 5.91 Å². The van der Waals surface area contributed by atoms with E-state index >= 15 is 0 Å². The molecule has 9 nitrogen and oxygen atoms in total. The van der Waals surface area contributed by atoms with Gasteiger partial charge in [0.05, 0.1) is 22.2 Å². The van der Waals surface area contributed by atoms with Crippen molar-refractivity contribution in [3.8, 4) is 0 Å². The number of primary amides is 1. The number of anilines is 1. The van der Waals surface area contributed by atoms with Crippen molar-refractivity contribution in [3.63, 3.8) is 0 Å². The topological polar surface area (TPSA) is 128 Å². The van der Waals surface area contributed by atoms with Crippen LogP contribution in [0.2, 0.25) is 15.1 Å². The molecule has 12 heteroatoms. The van der Waals surface area contributed by atoms with Crippen LogP contribution in [-0.2, 0) is 16.1 Å². The van der Waals surface area contributed by atoms with E-state index in [1.165, 1.54) is 16.8 Å². The fraction of sp³-hybridized carbons (Fsp3) is 0.217. The maximum Gasteiger partial charge on any atom is 0.273 e. The highest BCUT2D eigenvalue weighted by Gasteiger charge is 2.31. The maximum absolute atomic E-state index is 12.9. The molecule has 3 rings (SSSR count). The summed E-state index contributed by atoms with van der Waals surface area (Å²) in [6.07, 6.45) is -0.0113. The van der Waals surface area contributed by atoms with Gasteiger partial charge in [0.2, 0.25) is 11.8 Å². The molecule has 3 amide bonds. The average molecular weight is 537 g/mol. The molecule has 1 heterocycles. The third-order valence-corrected chi connectivity index (χ3v) is 5.87. The van der Waals surface area contributed by atoms with Gasteiger partial charge in [0, 0.05) is 23.4 Å². The van der Waals surface area contributed by atoms with Crippen molar-refractivity contribution >= 4 is 64.1 Å². The molecule has 2 N–H and O–H groups in total. The summed E-state index contributed by atoms with van der Waals surface area (Å²) in [5.41, 5.74) is 6.00. The minimum atomic E-state index is -0.955. The van der Waals surface area contributed by atoms with Crippen LogP contribution in [0.4, 0.5) is 5.82 Å². The first-order chi connectivity index (χ1) is 16.6. The molecule has 0 spiro atoms. The number of hydrogen-bond donors (Lipinski definition) is 1. The fourth-order valence-electron chi connectivity index (χ4n) is 3.34. The third kappa shape index (κ3) is 5.53. The highest BCUT2D eigenvalue weighted by molar-refractivity contribution is 6.41. The molecule has 2 aromatic carbocycles. The average Bonchev–Trinajstić information content (AvgIpc) is 3.22. The third-order valence-electron chi connectivity index (χ3n) is 5.03. The lowest BCUT2D eigenvalue weighted by Gasteiger charge is -2.21. The molecule has 182 valence electrons. The second-order valence-corrected chi connectivity index (χ2v) is 8.63. The molecule has 0 aliphatic heterocycles. The van der Waals surface area contributed by atoms with Crippen LogP contribution in [0.25, 0.3) is 0 Å². The Hall–Kier alpha value is -3.27. The second-order valence-electron chi connectivity index (χ2n) is 7.38. The van der Waals surface area contributed by atoms with Gasteiger partial charge >= 0.3 is 0 Å². The van der Waals surface area contributed by atoms with Gasteiger partial charge < -0.3 is 5.73 Å². The zero-order chi connectivity index (χ0) is 25.9. The number of halogens is 3. The molecule has 0 saturated heterocycles. The minimum absolute atomic E-state index is 0.00567. The number of benzene rings is 2. The molecule has 0 atom stereocenters. The number of aromatic nitrogens is 3. The van der Waals surface area contributed by atoms with E-state index in [2.05, 4.69) is 10.3 Å². The van der Waals surface area contributed by atoms with Crippen LogP contribution >= 0.6 is 34.8 Å². The smallest absolute Gasteiger partial charge is 0.273 e. The Labute approximate surface area is 215 Å². The summed E-state index contributed by atoms with van der Waals surface area (Å²) in [5, 5.41) is 8.31. The molecular weight excluding hydrogens is 517 g/mol. The van der Waals surface area contributed by atoms with E-state index in [1.54, 1.807) is 38.1 Å². The number of imide groups is 1. The molecule has 0 saturated carbocycles. The first-order valence-electron chi connectivity index (χ1n) is 10.5. The quantitative estimate of drug-likeness (QED) is 0.428. The van der Waals surface area contributed by atoms with Gasteiger partial charge in [0.15, 0.2) is 17.3 Å². The van der Waals surface area contributed by atoms with E-state index in [4.69, 9.17) is 40.5 Å². The van der Waals surface area contributed by atoms with E-state index < -0.39 is 23.5 Å². The van der Waals surface area contributed by atoms with E-state index in [0.29, 0.717) is 16.1 Å². The predicted molar refractivity (Wildman–Crippen MR) is 132 cm³/mol. The second kappa shape index (κ2) is 11.0. The highest BCUT2D eigenvalue weighted by atomic mass is 35.5. The number of carbonyl (C=O) groups excluding carboxylic acids is 4. The van der Waals surface area contributed by atoms with Crippen LogP contribution in [0.5, 0.6) is 0 Å². The zero-order valence-electron chi connectivity index (χ0n) is 18.7. The largest absolute Gasteiger partial charge is 0.364 e. The Morgan fingerprint density at radius 3 is 1.97 bits per heavy atom. The van der Waals surface area contributed by atoms with E-state index in [0.717, 1.165) is 4.90 Å². The molecule has 1 aromatic heterocycles. The Morgan fingerprint density at radius 1 is 0.943 bits per heavy atom. The molecule has 0 bridgehead atoms. The number of amides is 3. The summed E-state index contributed by atoms with van der Waals surface area (Å²) in [5.74, 6) is -2.60. The maximum atomic E-state index is 12.9. The predicted octanol–water partition coefficient (Wildman–Crippen LogP) is 4.30. The van der Waals surface area contributed by atoms with Crippen molar-refractivity contribution in [1.29, 1.82) is 0 Å². The SMILES string of the molecule is CCC(=O)N(C(=O)CC)c1c(C(N)=O)nnn1Cc1cc(Cl)c(C(=O)c2ccc(Cl)cc2)c(Cl)c1. The van der Waals surface area contributed by atoms with Gasteiger partial charge in [0.1, 0.15) is 0 Å². The van der Waals surface area contributed by atoms with Crippen molar-refractivity contribution in [2.45, 2.75) is 33.2 Å². The van der Waals surface area contributed by atoms with Crippen LogP contribution in [0, 0.1) is 0 Å². The molecule has 0 aliphatic rings. The number of ketones is 1. The number of rotatable bonds is 8. The lowest BCUT2D eigenvalue weighted by atomic mass is 10.0. The summed E-state index contributed by atoms with van der Waals surface area (Å²) in [7, 11) is 0. The Balaban J connectivity index is 2.04. The Morgan fingerprint density at radius 2 is 1.49 bits per heavy atom. The number of nitrogens with zero attached hydrogens (tertiary/aromatic N) is 4. The summed E-state index contributed by atoms with van der Waals surface area (Å²) < 4.78 is 1.18.